The average Bonchev–Trinajstić information content (AvgIpc) is 4.52. The van der Waals surface area contributed by atoms with Crippen LogP contribution in [-0.2, 0) is 39.0 Å². The number of nitrogens with zero attached hydrogens (tertiary/aromatic N) is 6. The quantitative estimate of drug-likeness (QED) is 0.144. The van der Waals surface area contributed by atoms with Crippen LogP contribution in [0.5, 0.6) is 0 Å². The van der Waals surface area contributed by atoms with Crippen LogP contribution in [0.2, 0.25) is 4.34 Å². The van der Waals surface area contributed by atoms with Crippen molar-refractivity contribution < 1.29 is 4.39 Å². The second-order valence-corrected chi connectivity index (χ2v) is 27.2. The highest BCUT2D eigenvalue weighted by Crippen LogP contribution is 2.54. The first-order valence-electron chi connectivity index (χ1n) is 28.2. The second kappa shape index (κ2) is 20.4. The van der Waals surface area contributed by atoms with Gasteiger partial charge in [0.15, 0.2) is 0 Å². The molecule has 12 heterocycles. The Kier molecular flexibility index (Phi) is 13.2. The van der Waals surface area contributed by atoms with E-state index in [1.54, 1.807) is 45.5 Å². The van der Waals surface area contributed by atoms with Crippen LogP contribution < -0.4 is 0 Å². The maximum Gasteiger partial charge on any atom is 0.123 e. The summed E-state index contributed by atoms with van der Waals surface area (Å²) in [5.74, 6) is 1.09. The first-order chi connectivity index (χ1) is 37.6. The highest BCUT2D eigenvalue weighted by molar-refractivity contribution is 7.22. The summed E-state index contributed by atoms with van der Waals surface area (Å²) in [6, 6.07) is 49.1. The number of benzene rings is 4. The number of aryl methyl sites for hydroxylation is 4. The van der Waals surface area contributed by atoms with Gasteiger partial charge >= 0.3 is 0 Å². The molecule has 4 aromatic carbocycles. The maximum absolute atomic E-state index is 13.8. The van der Waals surface area contributed by atoms with Crippen molar-refractivity contribution in [2.75, 3.05) is 27.2 Å². The molecule has 2 aliphatic carbocycles. The van der Waals surface area contributed by atoms with E-state index < -0.39 is 0 Å². The fourth-order valence-electron chi connectivity index (χ4n) is 15.1. The molecule has 0 amide bonds. The summed E-state index contributed by atoms with van der Waals surface area (Å²) in [6.07, 6.45) is 10.1. The molecular formula is C66H68ClFN6S3. The van der Waals surface area contributed by atoms with Crippen LogP contribution in [-0.4, -0.2) is 61.6 Å². The molecule has 6 unspecified atom stereocenters. The van der Waals surface area contributed by atoms with E-state index in [1.807, 2.05) is 34.8 Å². The SMILES string of the molecule is CN1CC2CCC1c1c2n(CCc2ccccc2)c2sc(Cl)cc12.Cc1cc2c3c(n(Cc4cccc(F)c4)c2s1)C1CCC3N(Cc2ccccc2)C1.Cc1cc2c3c(n(Cc4ccccc4)c2s1)CC1CCC3N1C. The number of piperidine rings is 2. The molecule has 6 bridgehead atoms. The van der Waals surface area contributed by atoms with Crippen LogP contribution in [0.15, 0.2) is 133 Å². The lowest BCUT2D eigenvalue weighted by atomic mass is 9.77. The van der Waals surface area contributed by atoms with E-state index in [9.17, 15) is 4.39 Å². The minimum Gasteiger partial charge on any atom is -0.335 e. The summed E-state index contributed by atoms with van der Waals surface area (Å²) in [6.45, 7) is 10.6. The number of thiophene rings is 3. The molecule has 3 saturated heterocycles. The maximum atomic E-state index is 13.8. The van der Waals surface area contributed by atoms with Gasteiger partial charge in [0.2, 0.25) is 0 Å². The van der Waals surface area contributed by atoms with E-state index in [2.05, 4.69) is 166 Å². The molecule has 0 saturated carbocycles. The summed E-state index contributed by atoms with van der Waals surface area (Å²) < 4.78 is 22.5. The Hall–Kier alpha value is -5.30. The van der Waals surface area contributed by atoms with Crippen molar-refractivity contribution in [3.8, 4) is 0 Å². The highest BCUT2D eigenvalue weighted by Gasteiger charge is 2.44. The van der Waals surface area contributed by atoms with Gasteiger partial charge in [-0.3, -0.25) is 14.7 Å². The molecule has 11 heteroatoms. The first-order valence-corrected chi connectivity index (χ1v) is 31.0. The minimum atomic E-state index is -0.150. The molecule has 0 radical (unpaired) electrons. The summed E-state index contributed by atoms with van der Waals surface area (Å²) in [4.78, 5) is 14.9. The van der Waals surface area contributed by atoms with E-state index in [0.717, 1.165) is 55.1 Å². The van der Waals surface area contributed by atoms with Crippen LogP contribution >= 0.6 is 45.6 Å². The van der Waals surface area contributed by atoms with Crippen LogP contribution in [0, 0.1) is 19.7 Å². The summed E-state index contributed by atoms with van der Waals surface area (Å²) in [5.41, 5.74) is 14.7. The van der Waals surface area contributed by atoms with Gasteiger partial charge in [-0.2, -0.15) is 0 Å². The lowest BCUT2D eigenvalue weighted by Crippen LogP contribution is -2.42. The summed E-state index contributed by atoms with van der Waals surface area (Å²) in [7, 11) is 4.60. The third-order valence-corrected chi connectivity index (χ3v) is 21.8. The average molecular weight is 1100 g/mol. The van der Waals surface area contributed by atoms with Crippen molar-refractivity contribution >= 4 is 76.3 Å². The predicted octanol–water partition coefficient (Wildman–Crippen LogP) is 16.8. The molecule has 10 aromatic rings. The van der Waals surface area contributed by atoms with Crippen LogP contribution in [0.3, 0.4) is 0 Å². The third-order valence-electron chi connectivity index (χ3n) is 18.4. The summed E-state index contributed by atoms with van der Waals surface area (Å²) >= 11 is 12.0. The number of fused-ring (bicyclic) bond motifs is 12. The standard InChI is InChI=1S/C26H25FN2S.C20H21ClN2S.C20H22N2S/c1-17-12-22-24-23-11-10-20(16-28(23)14-18-6-3-2-4-7-18)25(24)29(26(22)30-17)15-19-8-5-9-21(27)13-19;1-22-12-14-7-8-16(22)18-15-11-17(21)24-20(15)23(19(14)18)10-9-13-5-3-2-4-6-13;1-13-10-16-19-17-9-8-15(21(17)2)11-18(19)22(20(16)23-13)12-14-6-4-3-5-7-14/h2-9,12-13,20,23H,10-11,14-16H2,1H3;2-6,11,14,16H,7-10,12H2,1H3;3-7,10,15,17H,8-9,11-12H2,1-2H3. The molecule has 77 heavy (non-hydrogen) atoms. The topological polar surface area (TPSA) is 24.5 Å². The van der Waals surface area contributed by atoms with E-state index >= 15 is 0 Å². The Balaban J connectivity index is 0.000000106. The zero-order valence-electron chi connectivity index (χ0n) is 44.7. The van der Waals surface area contributed by atoms with Gasteiger partial charge in [-0.05, 0) is 142 Å². The number of halogens is 2. The van der Waals surface area contributed by atoms with Crippen LogP contribution in [0.4, 0.5) is 4.39 Å². The van der Waals surface area contributed by atoms with Crippen molar-refractivity contribution in [1.82, 2.24) is 28.4 Å². The highest BCUT2D eigenvalue weighted by atomic mass is 35.5. The zero-order chi connectivity index (χ0) is 52.1. The Morgan fingerprint density at radius 2 is 1.08 bits per heavy atom. The van der Waals surface area contributed by atoms with E-state index in [0.29, 0.717) is 30.0 Å². The second-order valence-electron chi connectivity index (χ2n) is 23.1. The van der Waals surface area contributed by atoms with Crippen LogP contribution in [0.1, 0.15) is 134 Å². The number of hydrogen-bond acceptors (Lipinski definition) is 6. The lowest BCUT2D eigenvalue weighted by molar-refractivity contribution is 0.103. The van der Waals surface area contributed by atoms with Gasteiger partial charge in [0.05, 0.1) is 4.34 Å². The van der Waals surface area contributed by atoms with Gasteiger partial charge in [0, 0.05) is 125 Å². The molecule has 6 atom stereocenters. The van der Waals surface area contributed by atoms with E-state index in [1.165, 1.54) is 120 Å². The predicted molar refractivity (Wildman–Crippen MR) is 321 cm³/mol. The largest absolute Gasteiger partial charge is 0.335 e. The van der Waals surface area contributed by atoms with Crippen molar-refractivity contribution in [2.45, 2.75) is 127 Å². The number of likely N-dealkylation sites (N-methyl/N-ethyl adjacent to an activating group) is 2. The Morgan fingerprint density at radius 1 is 0.519 bits per heavy atom. The smallest absolute Gasteiger partial charge is 0.123 e. The fraction of sp³-hybridized carbons (Fsp3) is 0.364. The normalized spacial score (nSPS) is 22.3. The van der Waals surface area contributed by atoms with Gasteiger partial charge < -0.3 is 13.7 Å². The molecule has 0 N–H and O–H groups in total. The molecule has 18 rings (SSSR count). The summed E-state index contributed by atoms with van der Waals surface area (Å²) in [5, 5.41) is 4.36. The van der Waals surface area contributed by atoms with Crippen LogP contribution in [0.25, 0.3) is 30.6 Å². The van der Waals surface area contributed by atoms with Crippen molar-refractivity contribution in [3.63, 3.8) is 0 Å². The fourth-order valence-corrected chi connectivity index (χ4v) is 18.4. The molecule has 394 valence electrons. The third kappa shape index (κ3) is 8.99. The molecule has 8 aliphatic rings. The molecule has 6 aromatic heterocycles. The monoisotopic (exact) mass is 1090 g/mol. The molecule has 6 nitrogen and oxygen atoms in total. The van der Waals surface area contributed by atoms with E-state index in [4.69, 9.17) is 11.6 Å². The van der Waals surface area contributed by atoms with Gasteiger partial charge in [0.25, 0.3) is 0 Å². The molecule has 0 spiro atoms. The number of hydrogen-bond donors (Lipinski definition) is 0. The van der Waals surface area contributed by atoms with Gasteiger partial charge in [-0.15, -0.1) is 34.0 Å². The molecular weight excluding hydrogens is 1030 g/mol. The molecule has 3 fully saturated rings. The zero-order valence-corrected chi connectivity index (χ0v) is 47.9. The number of rotatable bonds is 9. The van der Waals surface area contributed by atoms with Gasteiger partial charge in [-0.25, -0.2) is 4.39 Å². The lowest BCUT2D eigenvalue weighted by Gasteiger charge is -2.46. The minimum absolute atomic E-state index is 0.150. The Labute approximate surface area is 469 Å². The molecule has 6 aliphatic heterocycles. The Bertz CT molecular complexity index is 3770. The number of aromatic nitrogens is 3. The van der Waals surface area contributed by atoms with Gasteiger partial charge in [0.1, 0.15) is 20.3 Å². The first kappa shape index (κ1) is 50.0. The van der Waals surface area contributed by atoms with Crippen molar-refractivity contribution in [1.29, 1.82) is 0 Å². The van der Waals surface area contributed by atoms with Crippen molar-refractivity contribution in [2.24, 2.45) is 0 Å². The Morgan fingerprint density at radius 3 is 1.78 bits per heavy atom. The van der Waals surface area contributed by atoms with Gasteiger partial charge in [-0.1, -0.05) is 115 Å². The van der Waals surface area contributed by atoms with E-state index in [-0.39, 0.29) is 5.82 Å². The van der Waals surface area contributed by atoms with Crippen molar-refractivity contribution in [3.05, 3.63) is 209 Å².